The fourth-order valence-corrected chi connectivity index (χ4v) is 3.88. The summed E-state index contributed by atoms with van der Waals surface area (Å²) >= 11 is 3.34. The molecule has 0 bridgehead atoms. The van der Waals surface area contributed by atoms with Crippen LogP contribution in [0.5, 0.6) is 5.75 Å². The average Bonchev–Trinajstić information content (AvgIpc) is 2.72. The van der Waals surface area contributed by atoms with Gasteiger partial charge in [0.05, 0.1) is 19.1 Å². The highest BCUT2D eigenvalue weighted by molar-refractivity contribution is 9.10. The highest BCUT2D eigenvalue weighted by Crippen LogP contribution is 2.34. The first-order chi connectivity index (χ1) is 9.76. The topological polar surface area (TPSA) is 99.2 Å². The second-order valence-electron chi connectivity index (χ2n) is 4.45. The lowest BCUT2D eigenvalue weighted by Crippen LogP contribution is -2.18. The van der Waals surface area contributed by atoms with Crippen LogP contribution in [0.4, 0.5) is 11.5 Å². The van der Waals surface area contributed by atoms with Crippen LogP contribution in [-0.4, -0.2) is 25.1 Å². The third-order valence-electron chi connectivity index (χ3n) is 2.88. The van der Waals surface area contributed by atoms with Gasteiger partial charge in [0.15, 0.2) is 10.8 Å². The van der Waals surface area contributed by atoms with Crippen LogP contribution < -0.4 is 15.2 Å². The van der Waals surface area contributed by atoms with E-state index in [9.17, 15) is 8.42 Å². The monoisotopic (exact) mass is 374 g/mol. The van der Waals surface area contributed by atoms with Crippen molar-refractivity contribution in [2.24, 2.45) is 7.05 Å². The number of nitrogens with one attached hydrogen (secondary N) is 1. The number of halogens is 1. The molecule has 0 aliphatic carbocycles. The minimum Gasteiger partial charge on any atom is -0.495 e. The van der Waals surface area contributed by atoms with E-state index in [0.29, 0.717) is 17.0 Å². The van der Waals surface area contributed by atoms with E-state index in [0.717, 1.165) is 4.47 Å². The maximum atomic E-state index is 12.5. The van der Waals surface area contributed by atoms with Crippen molar-refractivity contribution in [2.75, 3.05) is 17.6 Å². The van der Waals surface area contributed by atoms with Gasteiger partial charge in [-0.25, -0.2) is 4.98 Å². The van der Waals surface area contributed by atoms with Gasteiger partial charge in [-0.2, -0.15) is 8.42 Å². The lowest BCUT2D eigenvalue weighted by Gasteiger charge is -2.15. The Morgan fingerprint density at radius 1 is 1.43 bits per heavy atom. The van der Waals surface area contributed by atoms with Gasteiger partial charge in [0.1, 0.15) is 5.75 Å². The molecule has 0 atom stereocenters. The molecule has 0 amide bonds. The maximum absolute atomic E-state index is 12.5. The molecule has 0 aliphatic rings. The first-order valence-electron chi connectivity index (χ1n) is 5.90. The molecule has 114 valence electrons. The molecule has 21 heavy (non-hydrogen) atoms. The summed E-state index contributed by atoms with van der Waals surface area (Å²) in [6.45, 7) is 1.78. The average molecular weight is 375 g/mol. The molecule has 0 fully saturated rings. The molecule has 9 heteroatoms. The molecular weight excluding hydrogens is 360 g/mol. The predicted octanol–water partition coefficient (Wildman–Crippen LogP) is 1.88. The quantitative estimate of drug-likeness (QED) is 0.850. The number of anilines is 2. The SMILES string of the molecule is COc1cc(Br)cc(C)c1NS(=O)(=O)c1c(N)ncn1C. The van der Waals surface area contributed by atoms with Crippen LogP contribution in [0.25, 0.3) is 0 Å². The van der Waals surface area contributed by atoms with Crippen LogP contribution in [0.15, 0.2) is 28.0 Å². The number of hydrogen-bond donors (Lipinski definition) is 2. The van der Waals surface area contributed by atoms with Crippen LogP contribution >= 0.6 is 15.9 Å². The summed E-state index contributed by atoms with van der Waals surface area (Å²) in [5, 5.41) is -0.0909. The minimum atomic E-state index is -3.87. The molecule has 0 saturated carbocycles. The summed E-state index contributed by atoms with van der Waals surface area (Å²) in [5.41, 5.74) is 6.70. The second-order valence-corrected chi connectivity index (χ2v) is 6.96. The Balaban J connectivity index is 2.52. The molecular formula is C12H15BrN4O3S. The molecule has 7 nitrogen and oxygen atoms in total. The number of hydrogen-bond acceptors (Lipinski definition) is 5. The zero-order valence-corrected chi connectivity index (χ0v) is 14.1. The van der Waals surface area contributed by atoms with Gasteiger partial charge in [-0.3, -0.25) is 4.72 Å². The third-order valence-corrected chi connectivity index (χ3v) is 4.82. The van der Waals surface area contributed by atoms with Crippen LogP contribution in [0.2, 0.25) is 0 Å². The largest absolute Gasteiger partial charge is 0.495 e. The van der Waals surface area contributed by atoms with Gasteiger partial charge in [-0.1, -0.05) is 15.9 Å². The van der Waals surface area contributed by atoms with Crippen molar-refractivity contribution in [3.05, 3.63) is 28.5 Å². The third kappa shape index (κ3) is 2.98. The molecule has 0 saturated heterocycles. The number of nitrogens with zero attached hydrogens (tertiary/aromatic N) is 2. The molecule has 1 heterocycles. The van der Waals surface area contributed by atoms with E-state index in [1.165, 1.54) is 18.0 Å². The van der Waals surface area contributed by atoms with Crippen LogP contribution in [0.1, 0.15) is 5.56 Å². The molecule has 2 rings (SSSR count). The van der Waals surface area contributed by atoms with Crippen molar-refractivity contribution in [1.82, 2.24) is 9.55 Å². The van der Waals surface area contributed by atoms with E-state index in [2.05, 4.69) is 25.6 Å². The molecule has 0 aliphatic heterocycles. The Morgan fingerprint density at radius 2 is 2.10 bits per heavy atom. The van der Waals surface area contributed by atoms with Gasteiger partial charge in [0.2, 0.25) is 0 Å². The second kappa shape index (κ2) is 5.57. The fourth-order valence-electron chi connectivity index (χ4n) is 1.95. The summed E-state index contributed by atoms with van der Waals surface area (Å²) in [6.07, 6.45) is 1.34. The van der Waals surface area contributed by atoms with Crippen LogP contribution in [0, 0.1) is 6.92 Å². The number of methoxy groups -OCH3 is 1. The van der Waals surface area contributed by atoms with E-state index >= 15 is 0 Å². The minimum absolute atomic E-state index is 0.0567. The number of aromatic nitrogens is 2. The van der Waals surface area contributed by atoms with Crippen molar-refractivity contribution in [1.29, 1.82) is 0 Å². The summed E-state index contributed by atoms with van der Waals surface area (Å²) < 4.78 is 34.8. The van der Waals surface area contributed by atoms with Crippen LogP contribution in [-0.2, 0) is 17.1 Å². The van der Waals surface area contributed by atoms with Crippen molar-refractivity contribution in [3.63, 3.8) is 0 Å². The summed E-state index contributed by atoms with van der Waals surface area (Å²) in [7, 11) is -0.840. The zero-order chi connectivity index (χ0) is 15.8. The summed E-state index contributed by atoms with van der Waals surface area (Å²) in [4.78, 5) is 3.79. The van der Waals surface area contributed by atoms with E-state index in [4.69, 9.17) is 10.5 Å². The molecule has 2 aromatic rings. The van der Waals surface area contributed by atoms with Gasteiger partial charge >= 0.3 is 0 Å². The smallest absolute Gasteiger partial charge is 0.281 e. The van der Waals surface area contributed by atoms with Crippen LogP contribution in [0.3, 0.4) is 0 Å². The number of nitrogen functional groups attached to an aromatic ring is 1. The molecule has 0 radical (unpaired) electrons. The lowest BCUT2D eigenvalue weighted by molar-refractivity contribution is 0.416. The fraction of sp³-hybridized carbons (Fsp3) is 0.250. The first kappa shape index (κ1) is 15.6. The van der Waals surface area contributed by atoms with Gasteiger partial charge in [0.25, 0.3) is 10.0 Å². The lowest BCUT2D eigenvalue weighted by atomic mass is 10.2. The predicted molar refractivity (Wildman–Crippen MR) is 83.9 cm³/mol. The summed E-state index contributed by atoms with van der Waals surface area (Å²) in [6, 6.07) is 3.46. The van der Waals surface area contributed by atoms with Crippen molar-refractivity contribution >= 4 is 37.5 Å². The van der Waals surface area contributed by atoms with Crippen molar-refractivity contribution in [2.45, 2.75) is 11.9 Å². The van der Waals surface area contributed by atoms with E-state index in [-0.39, 0.29) is 10.8 Å². The highest BCUT2D eigenvalue weighted by atomic mass is 79.9. The van der Waals surface area contributed by atoms with E-state index in [1.807, 2.05) is 0 Å². The number of aryl methyl sites for hydroxylation is 2. The zero-order valence-electron chi connectivity index (χ0n) is 11.7. The Morgan fingerprint density at radius 3 is 2.62 bits per heavy atom. The van der Waals surface area contributed by atoms with E-state index < -0.39 is 10.0 Å². The first-order valence-corrected chi connectivity index (χ1v) is 8.17. The standard InChI is InChI=1S/C12H15BrN4O3S/c1-7-4-8(13)5-9(20-3)10(7)16-21(18,19)12-11(14)15-6-17(12)2/h4-6,16H,14H2,1-3H3. The normalized spacial score (nSPS) is 11.4. The molecule has 3 N–H and O–H groups in total. The number of sulfonamides is 1. The molecule has 1 aromatic carbocycles. The molecule has 0 unspecified atom stereocenters. The molecule has 0 spiro atoms. The number of benzene rings is 1. The molecule has 1 aromatic heterocycles. The number of rotatable bonds is 4. The summed E-state index contributed by atoms with van der Waals surface area (Å²) in [5.74, 6) is 0.352. The number of imidazole rings is 1. The Labute approximate surface area is 131 Å². The Hall–Kier alpha value is -1.74. The Kier molecular flexibility index (Phi) is 4.15. The number of ether oxygens (including phenoxy) is 1. The number of nitrogens with two attached hydrogens (primary N) is 1. The van der Waals surface area contributed by atoms with Gasteiger partial charge in [-0.05, 0) is 24.6 Å². The van der Waals surface area contributed by atoms with E-state index in [1.54, 1.807) is 26.1 Å². The van der Waals surface area contributed by atoms with Gasteiger partial charge in [-0.15, -0.1) is 0 Å². The maximum Gasteiger partial charge on any atom is 0.281 e. The van der Waals surface area contributed by atoms with Crippen molar-refractivity contribution in [3.8, 4) is 5.75 Å². The van der Waals surface area contributed by atoms with Gasteiger partial charge < -0.3 is 15.0 Å². The highest BCUT2D eigenvalue weighted by Gasteiger charge is 2.24. The van der Waals surface area contributed by atoms with Crippen molar-refractivity contribution < 1.29 is 13.2 Å². The van der Waals surface area contributed by atoms with Gasteiger partial charge in [0, 0.05) is 11.5 Å². The Bertz CT molecular complexity index is 767.